The molecule has 0 heterocycles. The van der Waals surface area contributed by atoms with Crippen LogP contribution in [0.3, 0.4) is 0 Å². The minimum absolute atomic E-state index is 0.150. The zero-order valence-electron chi connectivity index (χ0n) is 6.68. The molecule has 0 amide bonds. The van der Waals surface area contributed by atoms with Gasteiger partial charge in [-0.15, -0.1) is 0 Å². The first-order valence-corrected chi connectivity index (χ1v) is 5.64. The largest absolute Gasteiger partial charge is 0.333 e. The van der Waals surface area contributed by atoms with Gasteiger partial charge in [0.1, 0.15) is 0 Å². The molecule has 0 saturated heterocycles. The molecule has 0 fully saturated rings. The second kappa shape index (κ2) is 3.85. The van der Waals surface area contributed by atoms with Gasteiger partial charge in [0.25, 0.3) is 7.52 Å². The molecule has 0 aliphatic rings. The molecule has 0 radical (unpaired) electrons. The van der Waals surface area contributed by atoms with Crippen molar-refractivity contribution >= 4 is 7.52 Å². The van der Waals surface area contributed by atoms with Gasteiger partial charge < -0.3 is 4.89 Å². The lowest BCUT2D eigenvalue weighted by molar-refractivity contribution is 0.479. The maximum atomic E-state index is 10.7. The quantitative estimate of drug-likeness (QED) is 0.699. The highest BCUT2D eigenvalue weighted by molar-refractivity contribution is 7.55. The van der Waals surface area contributed by atoms with Gasteiger partial charge in [-0.05, 0) is 12.0 Å². The fourth-order valence-corrected chi connectivity index (χ4v) is 1.51. The first-order valence-electron chi connectivity index (χ1n) is 3.72. The summed E-state index contributed by atoms with van der Waals surface area (Å²) in [5.41, 5.74) is 6.03. The fraction of sp³-hybridized carbons (Fsp3) is 0.250. The molecule has 1 aromatic rings. The molecule has 0 saturated carbocycles. The van der Waals surface area contributed by atoms with Crippen LogP contribution in [0.2, 0.25) is 0 Å². The van der Waals surface area contributed by atoms with Gasteiger partial charge >= 0.3 is 0 Å². The molecule has 0 aliphatic carbocycles. The first-order chi connectivity index (χ1) is 5.58. The Morgan fingerprint density at radius 2 is 1.92 bits per heavy atom. The van der Waals surface area contributed by atoms with Crippen LogP contribution in [0, 0.1) is 0 Å². The van der Waals surface area contributed by atoms with Crippen molar-refractivity contribution in [3.05, 3.63) is 35.9 Å². The van der Waals surface area contributed by atoms with Gasteiger partial charge in [0, 0.05) is 6.16 Å². The summed E-state index contributed by atoms with van der Waals surface area (Å²) in [6, 6.07) is 9.53. The Bertz CT molecular complexity index is 280. The van der Waals surface area contributed by atoms with E-state index in [0.29, 0.717) is 6.42 Å². The van der Waals surface area contributed by atoms with E-state index in [0.717, 1.165) is 5.56 Å². The summed E-state index contributed by atoms with van der Waals surface area (Å²) in [7, 11) is -3.33. The summed E-state index contributed by atoms with van der Waals surface area (Å²) in [6.07, 6.45) is 0.710. The van der Waals surface area contributed by atoms with Crippen LogP contribution in [0.15, 0.2) is 30.3 Å². The third-order valence-corrected chi connectivity index (χ3v) is 2.43. The SMILES string of the molecule is NP(=O)(O)CCc1ccccc1. The normalized spacial score (nSPS) is 15.5. The van der Waals surface area contributed by atoms with Crippen molar-refractivity contribution in [3.63, 3.8) is 0 Å². The van der Waals surface area contributed by atoms with Crippen LogP contribution in [0.4, 0.5) is 0 Å². The molecule has 1 aromatic carbocycles. The summed E-state index contributed by atoms with van der Waals surface area (Å²) < 4.78 is 10.7. The van der Waals surface area contributed by atoms with Crippen LogP contribution >= 0.6 is 7.52 Å². The highest BCUT2D eigenvalue weighted by Crippen LogP contribution is 2.30. The highest BCUT2D eigenvalue weighted by Gasteiger charge is 2.09. The molecule has 4 heteroatoms. The maximum absolute atomic E-state index is 10.7. The zero-order valence-corrected chi connectivity index (χ0v) is 7.58. The molecule has 0 spiro atoms. The van der Waals surface area contributed by atoms with Gasteiger partial charge in [0.15, 0.2) is 0 Å². The molecule has 1 atom stereocenters. The lowest BCUT2D eigenvalue weighted by atomic mass is 10.2. The summed E-state index contributed by atoms with van der Waals surface area (Å²) in [5.74, 6) is 0. The van der Waals surface area contributed by atoms with Crippen molar-refractivity contribution in [2.24, 2.45) is 5.50 Å². The molecular weight excluding hydrogens is 173 g/mol. The van der Waals surface area contributed by atoms with E-state index in [9.17, 15) is 4.57 Å². The smallest absolute Gasteiger partial charge is 0.264 e. The van der Waals surface area contributed by atoms with Gasteiger partial charge in [-0.3, -0.25) is 10.1 Å². The monoisotopic (exact) mass is 185 g/mol. The van der Waals surface area contributed by atoms with Crippen molar-refractivity contribution in [2.45, 2.75) is 6.42 Å². The molecule has 3 nitrogen and oxygen atoms in total. The third-order valence-electron chi connectivity index (χ3n) is 1.56. The van der Waals surface area contributed by atoms with Crippen molar-refractivity contribution < 1.29 is 9.46 Å². The van der Waals surface area contributed by atoms with Gasteiger partial charge in [-0.1, -0.05) is 30.3 Å². The van der Waals surface area contributed by atoms with Crippen molar-refractivity contribution in [3.8, 4) is 0 Å². The topological polar surface area (TPSA) is 63.3 Å². The second-order valence-electron chi connectivity index (χ2n) is 2.71. The molecule has 1 unspecified atom stereocenters. The number of hydrogen-bond acceptors (Lipinski definition) is 1. The Labute approximate surface area is 71.7 Å². The Kier molecular flexibility index (Phi) is 3.04. The minimum atomic E-state index is -3.33. The number of hydrogen-bond donors (Lipinski definition) is 2. The van der Waals surface area contributed by atoms with E-state index in [-0.39, 0.29) is 6.16 Å². The molecule has 66 valence electrons. The molecule has 0 bridgehead atoms. The Balaban J connectivity index is 2.50. The molecular formula is C8H12NO2P. The van der Waals surface area contributed by atoms with Crippen LogP contribution in [0.5, 0.6) is 0 Å². The Morgan fingerprint density at radius 1 is 1.33 bits per heavy atom. The van der Waals surface area contributed by atoms with Gasteiger partial charge in [-0.25, -0.2) is 0 Å². The predicted molar refractivity (Wildman–Crippen MR) is 49.0 cm³/mol. The standard InChI is InChI=1S/C8H12NO2P/c9-12(10,11)7-6-8-4-2-1-3-5-8/h1-5H,6-7H2,(H3,9,10,11). The van der Waals surface area contributed by atoms with Crippen molar-refractivity contribution in [1.82, 2.24) is 0 Å². The Morgan fingerprint density at radius 3 is 2.42 bits per heavy atom. The van der Waals surface area contributed by atoms with Crippen LogP contribution in [0.25, 0.3) is 0 Å². The minimum Gasteiger partial charge on any atom is -0.333 e. The van der Waals surface area contributed by atoms with Crippen molar-refractivity contribution in [1.29, 1.82) is 0 Å². The molecule has 0 aliphatic heterocycles. The summed E-state index contributed by atoms with van der Waals surface area (Å²) in [6.45, 7) is 0. The third kappa shape index (κ3) is 3.67. The number of rotatable bonds is 3. The van der Waals surface area contributed by atoms with Gasteiger partial charge in [0.05, 0.1) is 0 Å². The van der Waals surface area contributed by atoms with Gasteiger partial charge in [-0.2, -0.15) is 0 Å². The van der Waals surface area contributed by atoms with Crippen LogP contribution in [-0.4, -0.2) is 11.1 Å². The average molecular weight is 185 g/mol. The maximum Gasteiger partial charge on any atom is 0.264 e. The van der Waals surface area contributed by atoms with E-state index in [1.807, 2.05) is 30.3 Å². The van der Waals surface area contributed by atoms with Gasteiger partial charge in [0.2, 0.25) is 0 Å². The summed E-state index contributed by atoms with van der Waals surface area (Å²) in [4.78, 5) is 8.81. The van der Waals surface area contributed by atoms with E-state index in [1.165, 1.54) is 0 Å². The van der Waals surface area contributed by atoms with E-state index in [4.69, 9.17) is 10.4 Å². The molecule has 0 aromatic heterocycles. The van der Waals surface area contributed by atoms with E-state index < -0.39 is 7.52 Å². The van der Waals surface area contributed by atoms with E-state index in [1.54, 1.807) is 0 Å². The lowest BCUT2D eigenvalue weighted by Gasteiger charge is -2.03. The Hall–Kier alpha value is -0.630. The molecule has 1 rings (SSSR count). The number of aryl methyl sites for hydroxylation is 1. The van der Waals surface area contributed by atoms with Crippen molar-refractivity contribution in [2.75, 3.05) is 6.16 Å². The van der Waals surface area contributed by atoms with Crippen LogP contribution in [-0.2, 0) is 11.0 Å². The fourth-order valence-electron chi connectivity index (χ4n) is 0.934. The van der Waals surface area contributed by atoms with E-state index in [2.05, 4.69) is 0 Å². The predicted octanol–water partition coefficient (Wildman–Crippen LogP) is 1.37. The summed E-state index contributed by atoms with van der Waals surface area (Å²) >= 11 is 0. The average Bonchev–Trinajstić information content (AvgIpc) is 2.02. The zero-order chi connectivity index (χ0) is 9.03. The van der Waals surface area contributed by atoms with Crippen LogP contribution in [0.1, 0.15) is 5.56 Å². The first kappa shape index (κ1) is 9.46. The summed E-state index contributed by atoms with van der Waals surface area (Å²) in [5, 5.41) is 0. The highest BCUT2D eigenvalue weighted by atomic mass is 31.2. The lowest BCUT2D eigenvalue weighted by Crippen LogP contribution is -2.01. The number of benzene rings is 1. The molecule has 12 heavy (non-hydrogen) atoms. The van der Waals surface area contributed by atoms with Crippen LogP contribution < -0.4 is 5.50 Å². The van der Waals surface area contributed by atoms with E-state index >= 15 is 0 Å². The molecule has 3 N–H and O–H groups in total. The second-order valence-corrected chi connectivity index (χ2v) is 4.67. The number of nitrogens with two attached hydrogens (primary N) is 1.